The van der Waals surface area contributed by atoms with Gasteiger partial charge >= 0.3 is 0 Å². The maximum Gasteiger partial charge on any atom is -0.0231 e. The van der Waals surface area contributed by atoms with Gasteiger partial charge in [0.25, 0.3) is 0 Å². The molecule has 3 atom stereocenters. The van der Waals surface area contributed by atoms with Gasteiger partial charge in [-0.15, -0.1) is 6.58 Å². The monoisotopic (exact) mass is 166 g/mol. The Labute approximate surface area is 77.1 Å². The molecule has 0 amide bonds. The van der Waals surface area contributed by atoms with E-state index in [-0.39, 0.29) is 0 Å². The summed E-state index contributed by atoms with van der Waals surface area (Å²) in [5.74, 6) is 3.53. The summed E-state index contributed by atoms with van der Waals surface area (Å²) in [5.41, 5.74) is 0. The third-order valence-electron chi connectivity index (χ3n) is 3.45. The first-order valence-corrected chi connectivity index (χ1v) is 5.33. The van der Waals surface area contributed by atoms with Crippen molar-refractivity contribution in [2.24, 2.45) is 23.7 Å². The minimum Gasteiger partial charge on any atom is -0.103 e. The molecule has 0 aromatic carbocycles. The highest BCUT2D eigenvalue weighted by Crippen LogP contribution is 2.45. The molecule has 0 aromatic heterocycles. The van der Waals surface area contributed by atoms with Gasteiger partial charge in [0, 0.05) is 0 Å². The van der Waals surface area contributed by atoms with Crippen LogP contribution in [0.5, 0.6) is 0 Å². The average Bonchev–Trinajstić information content (AvgIpc) is 2.88. The Bertz CT molecular complexity index is 144. The molecule has 12 heavy (non-hydrogen) atoms. The van der Waals surface area contributed by atoms with Crippen LogP contribution in [0.1, 0.15) is 40.0 Å². The lowest BCUT2D eigenvalue weighted by Gasteiger charge is -2.27. The van der Waals surface area contributed by atoms with Crippen molar-refractivity contribution in [2.75, 3.05) is 0 Å². The molecule has 0 radical (unpaired) electrons. The minimum absolute atomic E-state index is 0.715. The smallest absolute Gasteiger partial charge is 0.0231 e. The van der Waals surface area contributed by atoms with Crippen molar-refractivity contribution in [1.82, 2.24) is 0 Å². The van der Waals surface area contributed by atoms with Crippen LogP contribution in [0.4, 0.5) is 0 Å². The summed E-state index contributed by atoms with van der Waals surface area (Å²) >= 11 is 0. The van der Waals surface area contributed by atoms with E-state index >= 15 is 0 Å². The standard InChI is InChI=1S/C12H22/c1-5-9(3)12(10(4)6-2)11-7-8-11/h5,9-12H,1,6-8H2,2-4H3. The maximum absolute atomic E-state index is 3.91. The Morgan fingerprint density at radius 2 is 2.00 bits per heavy atom. The fourth-order valence-electron chi connectivity index (χ4n) is 2.32. The Kier molecular flexibility index (Phi) is 3.37. The Hall–Kier alpha value is -0.260. The van der Waals surface area contributed by atoms with Gasteiger partial charge in [-0.2, -0.15) is 0 Å². The summed E-state index contributed by atoms with van der Waals surface area (Å²) in [6, 6.07) is 0. The molecular formula is C12H22. The van der Waals surface area contributed by atoms with Crippen LogP contribution in [-0.4, -0.2) is 0 Å². The van der Waals surface area contributed by atoms with E-state index in [1.807, 2.05) is 0 Å². The molecule has 0 bridgehead atoms. The summed E-state index contributed by atoms with van der Waals surface area (Å²) in [6.07, 6.45) is 6.38. The zero-order chi connectivity index (χ0) is 9.14. The fourth-order valence-corrected chi connectivity index (χ4v) is 2.32. The van der Waals surface area contributed by atoms with E-state index in [0.29, 0.717) is 5.92 Å². The van der Waals surface area contributed by atoms with Gasteiger partial charge in [-0.25, -0.2) is 0 Å². The van der Waals surface area contributed by atoms with Gasteiger partial charge < -0.3 is 0 Å². The van der Waals surface area contributed by atoms with Crippen LogP contribution < -0.4 is 0 Å². The maximum atomic E-state index is 3.91. The fraction of sp³-hybridized carbons (Fsp3) is 0.833. The van der Waals surface area contributed by atoms with Crippen molar-refractivity contribution < 1.29 is 0 Å². The first-order chi connectivity index (χ1) is 5.70. The molecule has 1 aliphatic rings. The van der Waals surface area contributed by atoms with Crippen LogP contribution in [0.25, 0.3) is 0 Å². The minimum atomic E-state index is 0.715. The van der Waals surface area contributed by atoms with Crippen molar-refractivity contribution >= 4 is 0 Å². The van der Waals surface area contributed by atoms with Crippen LogP contribution in [0.15, 0.2) is 12.7 Å². The van der Waals surface area contributed by atoms with Crippen molar-refractivity contribution in [1.29, 1.82) is 0 Å². The topological polar surface area (TPSA) is 0 Å². The zero-order valence-corrected chi connectivity index (χ0v) is 8.72. The second kappa shape index (κ2) is 4.11. The highest BCUT2D eigenvalue weighted by Gasteiger charge is 2.36. The van der Waals surface area contributed by atoms with Crippen molar-refractivity contribution in [3.63, 3.8) is 0 Å². The normalized spacial score (nSPS) is 24.6. The third-order valence-corrected chi connectivity index (χ3v) is 3.45. The predicted molar refractivity (Wildman–Crippen MR) is 55.0 cm³/mol. The van der Waals surface area contributed by atoms with Crippen molar-refractivity contribution in [3.8, 4) is 0 Å². The van der Waals surface area contributed by atoms with Crippen LogP contribution in [0, 0.1) is 23.7 Å². The van der Waals surface area contributed by atoms with E-state index < -0.39 is 0 Å². The van der Waals surface area contributed by atoms with Crippen LogP contribution in [0.3, 0.4) is 0 Å². The number of hydrogen-bond acceptors (Lipinski definition) is 0. The number of allylic oxidation sites excluding steroid dienone is 1. The predicted octanol–water partition coefficient (Wildman–Crippen LogP) is 3.88. The van der Waals surface area contributed by atoms with E-state index in [9.17, 15) is 0 Å². The van der Waals surface area contributed by atoms with Gasteiger partial charge in [-0.1, -0.05) is 33.3 Å². The quantitative estimate of drug-likeness (QED) is 0.544. The van der Waals surface area contributed by atoms with E-state index in [0.717, 1.165) is 17.8 Å². The lowest BCUT2D eigenvalue weighted by Crippen LogP contribution is -2.20. The Morgan fingerprint density at radius 1 is 1.42 bits per heavy atom. The summed E-state index contributed by atoms with van der Waals surface area (Å²) in [6.45, 7) is 10.9. The summed E-state index contributed by atoms with van der Waals surface area (Å²) in [4.78, 5) is 0. The van der Waals surface area contributed by atoms with Crippen molar-refractivity contribution in [2.45, 2.75) is 40.0 Å². The second-order valence-electron chi connectivity index (χ2n) is 4.40. The van der Waals surface area contributed by atoms with Gasteiger partial charge in [-0.05, 0) is 36.5 Å². The molecular weight excluding hydrogens is 144 g/mol. The highest BCUT2D eigenvalue weighted by atomic mass is 14.4. The SMILES string of the molecule is C=CC(C)C(C(C)CC)C1CC1. The molecule has 0 nitrogen and oxygen atoms in total. The molecule has 1 saturated carbocycles. The molecule has 0 heteroatoms. The zero-order valence-electron chi connectivity index (χ0n) is 8.72. The number of rotatable bonds is 5. The molecule has 1 aliphatic carbocycles. The van der Waals surface area contributed by atoms with Gasteiger partial charge in [0.15, 0.2) is 0 Å². The molecule has 0 aromatic rings. The van der Waals surface area contributed by atoms with Gasteiger partial charge in [0.05, 0.1) is 0 Å². The van der Waals surface area contributed by atoms with Gasteiger partial charge in [0.1, 0.15) is 0 Å². The lowest BCUT2D eigenvalue weighted by atomic mass is 9.79. The molecule has 0 heterocycles. The molecule has 3 unspecified atom stereocenters. The number of hydrogen-bond donors (Lipinski definition) is 0. The first-order valence-electron chi connectivity index (χ1n) is 5.33. The van der Waals surface area contributed by atoms with E-state index in [1.54, 1.807) is 0 Å². The van der Waals surface area contributed by atoms with E-state index in [2.05, 4.69) is 33.4 Å². The first kappa shape index (κ1) is 9.83. The molecule has 0 saturated heterocycles. The third kappa shape index (κ3) is 2.12. The van der Waals surface area contributed by atoms with Crippen molar-refractivity contribution in [3.05, 3.63) is 12.7 Å². The molecule has 1 fully saturated rings. The van der Waals surface area contributed by atoms with Crippen LogP contribution in [-0.2, 0) is 0 Å². The Morgan fingerprint density at radius 3 is 2.33 bits per heavy atom. The summed E-state index contributed by atoms with van der Waals surface area (Å²) < 4.78 is 0. The lowest BCUT2D eigenvalue weighted by molar-refractivity contribution is 0.250. The average molecular weight is 166 g/mol. The summed E-state index contributed by atoms with van der Waals surface area (Å²) in [5, 5.41) is 0. The van der Waals surface area contributed by atoms with Gasteiger partial charge in [0.2, 0.25) is 0 Å². The van der Waals surface area contributed by atoms with Gasteiger partial charge in [-0.3, -0.25) is 0 Å². The largest absolute Gasteiger partial charge is 0.103 e. The second-order valence-corrected chi connectivity index (χ2v) is 4.40. The highest BCUT2D eigenvalue weighted by molar-refractivity contribution is 4.92. The molecule has 70 valence electrons. The molecule has 1 rings (SSSR count). The van der Waals surface area contributed by atoms with E-state index in [4.69, 9.17) is 0 Å². The van der Waals surface area contributed by atoms with E-state index in [1.165, 1.54) is 19.3 Å². The summed E-state index contributed by atoms with van der Waals surface area (Å²) in [7, 11) is 0. The molecule has 0 spiro atoms. The molecule has 0 aliphatic heterocycles. The van der Waals surface area contributed by atoms with Crippen LogP contribution >= 0.6 is 0 Å². The van der Waals surface area contributed by atoms with Crippen LogP contribution in [0.2, 0.25) is 0 Å². The Balaban J connectivity index is 2.52. The molecule has 0 N–H and O–H groups in total.